The average Bonchev–Trinajstić information content (AvgIpc) is 2.54. The molecule has 23 heavy (non-hydrogen) atoms. The fourth-order valence-electron chi connectivity index (χ4n) is 2.69. The molecule has 6 nitrogen and oxygen atoms in total. The zero-order valence-corrected chi connectivity index (χ0v) is 12.1. The van der Waals surface area contributed by atoms with Crippen LogP contribution in [0.2, 0.25) is 0 Å². The molecule has 2 unspecified atom stereocenters. The molecule has 0 saturated heterocycles. The van der Waals surface area contributed by atoms with Crippen LogP contribution in [0.1, 0.15) is 29.6 Å². The van der Waals surface area contributed by atoms with Crippen molar-refractivity contribution in [1.82, 2.24) is 5.32 Å². The van der Waals surface area contributed by atoms with Crippen LogP contribution in [-0.4, -0.2) is 10.9 Å². The van der Waals surface area contributed by atoms with Crippen LogP contribution in [0.25, 0.3) is 0 Å². The van der Waals surface area contributed by atoms with Gasteiger partial charge in [0.05, 0.1) is 17.0 Å². The molecule has 3 N–H and O–H groups in total. The molecule has 0 aliphatic carbocycles. The third-order valence-corrected chi connectivity index (χ3v) is 3.82. The minimum Gasteiger partial charge on any atom is -0.370 e. The van der Waals surface area contributed by atoms with Crippen molar-refractivity contribution in [2.45, 2.75) is 18.5 Å². The fraction of sp³-hybridized carbons (Fsp3) is 0.188. The second-order valence-corrected chi connectivity index (χ2v) is 5.37. The van der Waals surface area contributed by atoms with Gasteiger partial charge in [-0.15, -0.1) is 0 Å². The van der Waals surface area contributed by atoms with Crippen molar-refractivity contribution in [3.63, 3.8) is 0 Å². The van der Waals surface area contributed by atoms with Crippen LogP contribution in [-0.2, 0) is 0 Å². The molecule has 0 saturated carbocycles. The Balaban J connectivity index is 1.85. The third kappa shape index (κ3) is 3.28. The number of nitrogens with zero attached hydrogens (tertiary/aromatic N) is 2. The number of nitro benzene ring substituents is 1. The van der Waals surface area contributed by atoms with E-state index in [-0.39, 0.29) is 29.5 Å². The molecule has 0 spiro atoms. The summed E-state index contributed by atoms with van der Waals surface area (Å²) in [6, 6.07) is 12.2. The van der Waals surface area contributed by atoms with Gasteiger partial charge < -0.3 is 11.1 Å². The van der Waals surface area contributed by atoms with Crippen molar-refractivity contribution in [3.05, 3.63) is 75.6 Å². The predicted molar refractivity (Wildman–Crippen MR) is 84.4 cm³/mol. The molecular formula is C16H15FN4O2. The normalized spacial score (nSPS) is 20.5. The second kappa shape index (κ2) is 6.04. The Morgan fingerprint density at radius 1 is 1.22 bits per heavy atom. The van der Waals surface area contributed by atoms with E-state index < -0.39 is 4.92 Å². The van der Waals surface area contributed by atoms with Gasteiger partial charge in [0, 0.05) is 12.1 Å². The molecule has 1 heterocycles. The van der Waals surface area contributed by atoms with Gasteiger partial charge in [0.25, 0.3) is 5.69 Å². The molecule has 7 heteroatoms. The van der Waals surface area contributed by atoms with Gasteiger partial charge in [0.1, 0.15) is 5.82 Å². The van der Waals surface area contributed by atoms with Crippen LogP contribution in [0.5, 0.6) is 0 Å². The van der Waals surface area contributed by atoms with Crippen LogP contribution >= 0.6 is 0 Å². The Labute approximate surface area is 132 Å². The van der Waals surface area contributed by atoms with Gasteiger partial charge in [-0.1, -0.05) is 24.3 Å². The van der Waals surface area contributed by atoms with E-state index in [0.717, 1.165) is 11.1 Å². The molecule has 0 bridgehead atoms. The number of aliphatic imine (C=N–C) groups is 1. The van der Waals surface area contributed by atoms with Gasteiger partial charge >= 0.3 is 0 Å². The summed E-state index contributed by atoms with van der Waals surface area (Å²) in [6.07, 6.45) is 0.585. The number of nitrogens with two attached hydrogens (primary N) is 1. The van der Waals surface area contributed by atoms with Crippen LogP contribution in [0.15, 0.2) is 53.5 Å². The summed E-state index contributed by atoms with van der Waals surface area (Å²) in [7, 11) is 0. The third-order valence-electron chi connectivity index (χ3n) is 3.82. The Bertz CT molecular complexity index is 761. The topological polar surface area (TPSA) is 93.5 Å². The molecule has 2 aromatic carbocycles. The van der Waals surface area contributed by atoms with Crippen molar-refractivity contribution >= 4 is 11.6 Å². The average molecular weight is 314 g/mol. The van der Waals surface area contributed by atoms with Crippen LogP contribution in [0.4, 0.5) is 10.1 Å². The van der Waals surface area contributed by atoms with E-state index in [4.69, 9.17) is 5.73 Å². The monoisotopic (exact) mass is 314 g/mol. The summed E-state index contributed by atoms with van der Waals surface area (Å²) < 4.78 is 13.4. The lowest BCUT2D eigenvalue weighted by Crippen LogP contribution is -2.39. The van der Waals surface area contributed by atoms with Crippen molar-refractivity contribution in [3.8, 4) is 0 Å². The fourth-order valence-corrected chi connectivity index (χ4v) is 2.69. The highest BCUT2D eigenvalue weighted by atomic mass is 19.1. The van der Waals surface area contributed by atoms with Crippen molar-refractivity contribution in [1.29, 1.82) is 0 Å². The van der Waals surface area contributed by atoms with Crippen molar-refractivity contribution in [2.75, 3.05) is 0 Å². The molecule has 0 radical (unpaired) electrons. The van der Waals surface area contributed by atoms with E-state index in [1.165, 1.54) is 24.3 Å². The van der Waals surface area contributed by atoms with Gasteiger partial charge in [-0.25, -0.2) is 9.38 Å². The highest BCUT2D eigenvalue weighted by Crippen LogP contribution is 2.32. The highest BCUT2D eigenvalue weighted by molar-refractivity contribution is 5.79. The number of hydrogen-bond donors (Lipinski definition) is 2. The number of hydrogen-bond acceptors (Lipinski definition) is 5. The molecule has 0 aromatic heterocycles. The molecule has 3 rings (SSSR count). The molecule has 118 valence electrons. The zero-order chi connectivity index (χ0) is 16.4. The van der Waals surface area contributed by atoms with E-state index in [0.29, 0.717) is 6.42 Å². The first-order valence-corrected chi connectivity index (χ1v) is 7.12. The van der Waals surface area contributed by atoms with Crippen molar-refractivity contribution < 1.29 is 9.31 Å². The zero-order valence-electron chi connectivity index (χ0n) is 12.1. The van der Waals surface area contributed by atoms with E-state index >= 15 is 0 Å². The molecule has 2 atom stereocenters. The number of non-ortho nitro benzene ring substituents is 1. The number of rotatable bonds is 3. The maximum Gasteiger partial charge on any atom is 0.269 e. The molecule has 0 amide bonds. The summed E-state index contributed by atoms with van der Waals surface area (Å²) in [5.74, 6) is -0.0458. The molecule has 1 aliphatic rings. The largest absolute Gasteiger partial charge is 0.370 e. The van der Waals surface area contributed by atoms with Gasteiger partial charge in [0.2, 0.25) is 0 Å². The Kier molecular flexibility index (Phi) is 3.92. The lowest BCUT2D eigenvalue weighted by molar-refractivity contribution is -0.384. The predicted octanol–water partition coefficient (Wildman–Crippen LogP) is 2.82. The van der Waals surface area contributed by atoms with E-state index in [2.05, 4.69) is 10.3 Å². The molecule has 0 fully saturated rings. The lowest BCUT2D eigenvalue weighted by Gasteiger charge is -2.28. The number of benzene rings is 2. The highest BCUT2D eigenvalue weighted by Gasteiger charge is 2.25. The maximum atomic E-state index is 13.4. The maximum absolute atomic E-state index is 13.4. The Morgan fingerprint density at radius 2 is 1.96 bits per heavy atom. The van der Waals surface area contributed by atoms with Crippen molar-refractivity contribution in [2.24, 2.45) is 10.7 Å². The summed E-state index contributed by atoms with van der Waals surface area (Å²) in [5, 5.41) is 13.8. The van der Waals surface area contributed by atoms with Gasteiger partial charge in [0.15, 0.2) is 5.96 Å². The number of nitro groups is 1. The van der Waals surface area contributed by atoms with E-state index in [9.17, 15) is 14.5 Å². The summed E-state index contributed by atoms with van der Waals surface area (Å²) >= 11 is 0. The summed E-state index contributed by atoms with van der Waals surface area (Å²) in [5.41, 5.74) is 7.50. The summed E-state index contributed by atoms with van der Waals surface area (Å²) in [6.45, 7) is 0. The number of halogens is 1. The number of nitrogens with one attached hydrogen (secondary N) is 1. The Morgan fingerprint density at radius 3 is 2.61 bits per heavy atom. The van der Waals surface area contributed by atoms with Gasteiger partial charge in [-0.05, 0) is 29.7 Å². The Hall–Kier alpha value is -2.96. The second-order valence-electron chi connectivity index (χ2n) is 5.37. The quantitative estimate of drug-likeness (QED) is 0.673. The first-order chi connectivity index (χ1) is 11.0. The SMILES string of the molecule is NC1=NC(c2cccc(F)c2)CC(c2ccc([N+](=O)[O-])cc2)N1. The van der Waals surface area contributed by atoms with E-state index in [1.54, 1.807) is 18.2 Å². The van der Waals surface area contributed by atoms with Gasteiger partial charge in [-0.2, -0.15) is 0 Å². The standard InChI is InChI=1S/C16H15FN4O2/c17-12-3-1-2-11(8-12)15-9-14(19-16(18)20-15)10-4-6-13(7-5-10)21(22)23/h1-8,14-15H,9H2,(H3,18,19,20). The van der Waals surface area contributed by atoms with Crippen LogP contribution in [0, 0.1) is 15.9 Å². The van der Waals surface area contributed by atoms with E-state index in [1.807, 2.05) is 6.07 Å². The number of guanidine groups is 1. The van der Waals surface area contributed by atoms with Crippen LogP contribution < -0.4 is 11.1 Å². The first-order valence-electron chi connectivity index (χ1n) is 7.12. The summed E-state index contributed by atoms with van der Waals surface area (Å²) in [4.78, 5) is 14.6. The molecule has 1 aliphatic heterocycles. The molecular weight excluding hydrogens is 299 g/mol. The minimum absolute atomic E-state index is 0.0351. The van der Waals surface area contributed by atoms with Gasteiger partial charge in [-0.3, -0.25) is 10.1 Å². The first kappa shape index (κ1) is 15.0. The smallest absolute Gasteiger partial charge is 0.269 e. The lowest BCUT2D eigenvalue weighted by atomic mass is 9.94. The minimum atomic E-state index is -0.441. The molecule has 2 aromatic rings. The van der Waals surface area contributed by atoms with Crippen LogP contribution in [0.3, 0.4) is 0 Å².